The van der Waals surface area contributed by atoms with Crippen molar-refractivity contribution in [2.24, 2.45) is 5.73 Å². The van der Waals surface area contributed by atoms with Crippen LogP contribution in [0.3, 0.4) is 0 Å². The van der Waals surface area contributed by atoms with Gasteiger partial charge in [0.05, 0.1) is 0 Å². The van der Waals surface area contributed by atoms with Gasteiger partial charge in [0, 0.05) is 11.6 Å². The molecule has 0 saturated carbocycles. The van der Waals surface area contributed by atoms with Crippen molar-refractivity contribution < 1.29 is 9.13 Å². The molecule has 2 rings (SSSR count). The smallest absolute Gasteiger partial charge is 0.135 e. The van der Waals surface area contributed by atoms with Gasteiger partial charge in [-0.25, -0.2) is 4.39 Å². The highest BCUT2D eigenvalue weighted by Gasteiger charge is 2.14. The first-order valence-corrected chi connectivity index (χ1v) is 6.81. The van der Waals surface area contributed by atoms with Gasteiger partial charge < -0.3 is 10.5 Å². The fourth-order valence-corrected chi connectivity index (χ4v) is 2.11. The highest BCUT2D eigenvalue weighted by molar-refractivity contribution is 5.41. The first kappa shape index (κ1) is 14.5. The van der Waals surface area contributed by atoms with Gasteiger partial charge in [-0.1, -0.05) is 32.0 Å². The van der Waals surface area contributed by atoms with Gasteiger partial charge in [0.15, 0.2) is 0 Å². The summed E-state index contributed by atoms with van der Waals surface area (Å²) < 4.78 is 19.7. The van der Waals surface area contributed by atoms with E-state index in [2.05, 4.69) is 19.9 Å². The van der Waals surface area contributed by atoms with E-state index in [0.717, 1.165) is 0 Å². The van der Waals surface area contributed by atoms with Gasteiger partial charge >= 0.3 is 0 Å². The minimum Gasteiger partial charge on any atom is -0.457 e. The van der Waals surface area contributed by atoms with Crippen molar-refractivity contribution in [2.45, 2.75) is 32.7 Å². The summed E-state index contributed by atoms with van der Waals surface area (Å²) in [5.74, 6) is 1.25. The predicted molar refractivity (Wildman–Crippen MR) is 79.6 cm³/mol. The number of halogens is 1. The number of benzene rings is 2. The van der Waals surface area contributed by atoms with E-state index in [1.807, 2.05) is 18.2 Å². The Hall–Kier alpha value is -1.87. The average Bonchev–Trinajstić information content (AvgIpc) is 2.38. The van der Waals surface area contributed by atoms with Crippen LogP contribution in [-0.2, 0) is 0 Å². The molecule has 0 aliphatic rings. The maximum absolute atomic E-state index is 13.9. The fourth-order valence-electron chi connectivity index (χ4n) is 2.11. The Morgan fingerprint density at radius 1 is 1.05 bits per heavy atom. The van der Waals surface area contributed by atoms with Crippen molar-refractivity contribution in [3.8, 4) is 11.5 Å². The zero-order chi connectivity index (χ0) is 14.7. The lowest BCUT2D eigenvalue weighted by molar-refractivity contribution is 0.460. The lowest BCUT2D eigenvalue weighted by Crippen LogP contribution is -2.09. The van der Waals surface area contributed by atoms with Crippen LogP contribution in [-0.4, -0.2) is 0 Å². The number of rotatable bonds is 4. The van der Waals surface area contributed by atoms with Crippen LogP contribution in [0.4, 0.5) is 4.39 Å². The van der Waals surface area contributed by atoms with Crippen molar-refractivity contribution in [3.05, 3.63) is 59.4 Å². The van der Waals surface area contributed by atoms with Crippen LogP contribution in [0.25, 0.3) is 0 Å². The molecule has 0 bridgehead atoms. The van der Waals surface area contributed by atoms with Crippen LogP contribution >= 0.6 is 0 Å². The zero-order valence-electron chi connectivity index (χ0n) is 12.1. The number of ether oxygens (including phenoxy) is 1. The third-order valence-electron chi connectivity index (χ3n) is 3.22. The van der Waals surface area contributed by atoms with E-state index in [-0.39, 0.29) is 5.82 Å². The van der Waals surface area contributed by atoms with Crippen LogP contribution in [0.15, 0.2) is 42.5 Å². The van der Waals surface area contributed by atoms with Crippen LogP contribution in [0.2, 0.25) is 0 Å². The summed E-state index contributed by atoms with van der Waals surface area (Å²) in [6, 6.07) is 12.2. The Morgan fingerprint density at radius 3 is 2.40 bits per heavy atom. The average molecular weight is 273 g/mol. The Morgan fingerprint density at radius 2 is 1.75 bits per heavy atom. The van der Waals surface area contributed by atoms with Crippen molar-refractivity contribution in [1.29, 1.82) is 0 Å². The molecule has 0 unspecified atom stereocenters. The SMILES string of the molecule is CC(C)c1cccc(Oc2cccc(F)c2[C@H](C)N)c1. The third-order valence-corrected chi connectivity index (χ3v) is 3.22. The lowest BCUT2D eigenvalue weighted by atomic mass is 10.0. The molecule has 20 heavy (non-hydrogen) atoms. The third kappa shape index (κ3) is 3.17. The standard InChI is InChI=1S/C17H20FNO/c1-11(2)13-6-4-7-14(10-13)20-16-9-5-8-15(18)17(16)12(3)19/h4-12H,19H2,1-3H3/t12-/m0/s1. The van der Waals surface area contributed by atoms with Crippen LogP contribution in [0, 0.1) is 5.82 Å². The van der Waals surface area contributed by atoms with Crippen molar-refractivity contribution >= 4 is 0 Å². The molecule has 2 nitrogen and oxygen atoms in total. The van der Waals surface area contributed by atoms with Gasteiger partial charge in [-0.05, 0) is 42.7 Å². The van der Waals surface area contributed by atoms with E-state index in [0.29, 0.717) is 23.0 Å². The Bertz CT molecular complexity index is 593. The summed E-state index contributed by atoms with van der Waals surface area (Å²) in [6.45, 7) is 5.99. The molecular formula is C17H20FNO. The molecule has 0 fully saturated rings. The van der Waals surface area contributed by atoms with Crippen molar-refractivity contribution in [1.82, 2.24) is 0 Å². The molecule has 0 aromatic heterocycles. The van der Waals surface area contributed by atoms with Gasteiger partial charge in [0.25, 0.3) is 0 Å². The van der Waals surface area contributed by atoms with E-state index in [9.17, 15) is 4.39 Å². The van der Waals surface area contributed by atoms with E-state index < -0.39 is 6.04 Å². The van der Waals surface area contributed by atoms with E-state index in [1.165, 1.54) is 11.6 Å². The van der Waals surface area contributed by atoms with E-state index >= 15 is 0 Å². The second-order valence-corrected chi connectivity index (χ2v) is 5.27. The van der Waals surface area contributed by atoms with Crippen LogP contribution < -0.4 is 10.5 Å². The van der Waals surface area contributed by atoms with E-state index in [4.69, 9.17) is 10.5 Å². The summed E-state index contributed by atoms with van der Waals surface area (Å²) in [5.41, 5.74) is 7.41. The molecule has 0 radical (unpaired) electrons. The number of hydrogen-bond donors (Lipinski definition) is 1. The maximum atomic E-state index is 13.9. The van der Waals surface area contributed by atoms with Crippen LogP contribution in [0.1, 0.15) is 43.9 Å². The number of nitrogens with two attached hydrogens (primary N) is 1. The van der Waals surface area contributed by atoms with Crippen molar-refractivity contribution in [3.63, 3.8) is 0 Å². The monoisotopic (exact) mass is 273 g/mol. The predicted octanol–water partition coefficient (Wildman–Crippen LogP) is 4.76. The normalized spacial score (nSPS) is 12.5. The summed E-state index contributed by atoms with van der Waals surface area (Å²) in [4.78, 5) is 0. The van der Waals surface area contributed by atoms with Gasteiger partial charge in [0.2, 0.25) is 0 Å². The topological polar surface area (TPSA) is 35.2 Å². The fraction of sp³-hybridized carbons (Fsp3) is 0.294. The molecule has 2 N–H and O–H groups in total. The molecule has 0 saturated heterocycles. The van der Waals surface area contributed by atoms with Crippen molar-refractivity contribution in [2.75, 3.05) is 0 Å². The molecule has 2 aromatic rings. The molecule has 0 amide bonds. The summed E-state index contributed by atoms with van der Waals surface area (Å²) >= 11 is 0. The zero-order valence-corrected chi connectivity index (χ0v) is 12.1. The molecule has 0 aliphatic carbocycles. The minimum absolute atomic E-state index is 0.336. The second-order valence-electron chi connectivity index (χ2n) is 5.27. The molecule has 3 heteroatoms. The van der Waals surface area contributed by atoms with Crippen LogP contribution in [0.5, 0.6) is 11.5 Å². The molecule has 1 atom stereocenters. The highest BCUT2D eigenvalue weighted by Crippen LogP contribution is 2.31. The molecule has 106 valence electrons. The van der Waals surface area contributed by atoms with Gasteiger partial charge in [-0.2, -0.15) is 0 Å². The molecule has 2 aromatic carbocycles. The van der Waals surface area contributed by atoms with Gasteiger partial charge in [-0.15, -0.1) is 0 Å². The Balaban J connectivity index is 2.35. The number of hydrogen-bond acceptors (Lipinski definition) is 2. The Kier molecular flexibility index (Phi) is 4.40. The Labute approximate surface area is 119 Å². The first-order chi connectivity index (χ1) is 9.49. The maximum Gasteiger partial charge on any atom is 0.135 e. The summed E-state index contributed by atoms with van der Waals surface area (Å²) in [7, 11) is 0. The minimum atomic E-state index is -0.417. The summed E-state index contributed by atoms with van der Waals surface area (Å²) in [6.07, 6.45) is 0. The second kappa shape index (κ2) is 6.06. The quantitative estimate of drug-likeness (QED) is 0.871. The van der Waals surface area contributed by atoms with Gasteiger partial charge in [-0.3, -0.25) is 0 Å². The summed E-state index contributed by atoms with van der Waals surface area (Å²) in [5, 5.41) is 0. The first-order valence-electron chi connectivity index (χ1n) is 6.81. The molecule has 0 aliphatic heterocycles. The molecule has 0 heterocycles. The lowest BCUT2D eigenvalue weighted by Gasteiger charge is -2.15. The molecular weight excluding hydrogens is 253 g/mol. The molecule has 0 spiro atoms. The van der Waals surface area contributed by atoms with Gasteiger partial charge in [0.1, 0.15) is 17.3 Å². The largest absolute Gasteiger partial charge is 0.457 e. The highest BCUT2D eigenvalue weighted by atomic mass is 19.1. The van der Waals surface area contributed by atoms with E-state index in [1.54, 1.807) is 19.1 Å².